The molecule has 0 atom stereocenters. The number of ether oxygens (including phenoxy) is 1. The van der Waals surface area contributed by atoms with E-state index in [1.165, 1.54) is 0 Å². The molecule has 0 radical (unpaired) electrons. The third-order valence-corrected chi connectivity index (χ3v) is 5.34. The molecule has 1 aromatic carbocycles. The number of thiophene rings is 1. The maximum Gasteiger partial charge on any atom is 0.338 e. The Morgan fingerprint density at radius 3 is 3.00 bits per heavy atom. The van der Waals surface area contributed by atoms with Crippen LogP contribution in [-0.4, -0.2) is 25.9 Å². The third kappa shape index (κ3) is 3.18. The summed E-state index contributed by atoms with van der Waals surface area (Å²) in [6.07, 6.45) is 0. The second kappa shape index (κ2) is 6.73. The summed E-state index contributed by atoms with van der Waals surface area (Å²) in [6.45, 7) is 2.88. The van der Waals surface area contributed by atoms with E-state index in [0.717, 1.165) is 28.3 Å². The van der Waals surface area contributed by atoms with E-state index < -0.39 is 5.97 Å². The standard InChI is InChI=1S/C17H14N4O2S2/c1-2-21-15-4-3-11(7-14(15)19-20-21)17(22)23-8-13-10-25-16(18-13)12-5-6-24-9-12/h3-7,9-10H,2,8H2,1H3. The fraction of sp³-hybridized carbons (Fsp3) is 0.176. The minimum Gasteiger partial charge on any atom is -0.456 e. The molecule has 4 rings (SSSR count). The highest BCUT2D eigenvalue weighted by Crippen LogP contribution is 2.26. The van der Waals surface area contributed by atoms with Crippen LogP contribution in [0.1, 0.15) is 23.0 Å². The monoisotopic (exact) mass is 370 g/mol. The highest BCUT2D eigenvalue weighted by atomic mass is 32.1. The first-order valence-corrected chi connectivity index (χ1v) is 9.54. The lowest BCUT2D eigenvalue weighted by Crippen LogP contribution is -2.05. The zero-order valence-electron chi connectivity index (χ0n) is 13.4. The number of fused-ring (bicyclic) bond motifs is 1. The van der Waals surface area contributed by atoms with Crippen LogP contribution in [0, 0.1) is 0 Å². The van der Waals surface area contributed by atoms with Crippen LogP contribution in [0.4, 0.5) is 0 Å². The summed E-state index contributed by atoms with van der Waals surface area (Å²) >= 11 is 3.18. The molecular formula is C17H14N4O2S2. The van der Waals surface area contributed by atoms with E-state index in [9.17, 15) is 4.79 Å². The summed E-state index contributed by atoms with van der Waals surface area (Å²) in [6, 6.07) is 7.30. The van der Waals surface area contributed by atoms with Crippen molar-refractivity contribution >= 4 is 39.7 Å². The van der Waals surface area contributed by atoms with Crippen LogP contribution in [0.3, 0.4) is 0 Å². The number of carbonyl (C=O) groups excluding carboxylic acids is 1. The van der Waals surface area contributed by atoms with Crippen molar-refractivity contribution in [3.05, 3.63) is 51.7 Å². The molecule has 0 bridgehead atoms. The van der Waals surface area contributed by atoms with Crippen LogP contribution in [-0.2, 0) is 17.9 Å². The molecule has 0 unspecified atom stereocenters. The fourth-order valence-corrected chi connectivity index (χ4v) is 3.96. The van der Waals surface area contributed by atoms with Crippen LogP contribution in [0.5, 0.6) is 0 Å². The van der Waals surface area contributed by atoms with Gasteiger partial charge in [0.05, 0.1) is 16.8 Å². The highest BCUT2D eigenvalue weighted by Gasteiger charge is 2.12. The Bertz CT molecular complexity index is 1020. The van der Waals surface area contributed by atoms with E-state index in [4.69, 9.17) is 4.74 Å². The first-order valence-electron chi connectivity index (χ1n) is 7.72. The van der Waals surface area contributed by atoms with Crippen molar-refractivity contribution in [2.75, 3.05) is 0 Å². The first-order chi connectivity index (χ1) is 12.2. The summed E-state index contributed by atoms with van der Waals surface area (Å²) in [5.74, 6) is -0.391. The number of hydrogen-bond acceptors (Lipinski definition) is 7. The van der Waals surface area contributed by atoms with Gasteiger partial charge in [-0.25, -0.2) is 14.5 Å². The summed E-state index contributed by atoms with van der Waals surface area (Å²) in [4.78, 5) is 16.8. The van der Waals surface area contributed by atoms with Gasteiger partial charge in [0.25, 0.3) is 0 Å². The topological polar surface area (TPSA) is 69.9 Å². The lowest BCUT2D eigenvalue weighted by atomic mass is 10.2. The molecule has 126 valence electrons. The minimum absolute atomic E-state index is 0.152. The van der Waals surface area contributed by atoms with Gasteiger partial charge in [-0.15, -0.1) is 16.4 Å². The lowest BCUT2D eigenvalue weighted by Gasteiger charge is -2.03. The van der Waals surface area contributed by atoms with Gasteiger partial charge in [0, 0.05) is 22.9 Å². The SMILES string of the molecule is CCn1nnc2cc(C(=O)OCc3csc(-c4ccsc4)n3)ccc21. The maximum atomic E-state index is 12.3. The van der Waals surface area contributed by atoms with Crippen LogP contribution < -0.4 is 0 Å². The average Bonchev–Trinajstić information content (AvgIpc) is 3.38. The number of benzene rings is 1. The van der Waals surface area contributed by atoms with Crippen LogP contribution in [0.2, 0.25) is 0 Å². The van der Waals surface area contributed by atoms with Crippen molar-refractivity contribution in [3.63, 3.8) is 0 Å². The molecule has 25 heavy (non-hydrogen) atoms. The molecule has 0 saturated carbocycles. The summed E-state index contributed by atoms with van der Waals surface area (Å²) in [5, 5.41) is 15.0. The van der Waals surface area contributed by atoms with Gasteiger partial charge < -0.3 is 4.74 Å². The second-order valence-electron chi connectivity index (χ2n) is 5.34. The second-order valence-corrected chi connectivity index (χ2v) is 6.98. The Morgan fingerprint density at radius 1 is 1.28 bits per heavy atom. The Hall–Kier alpha value is -2.58. The molecule has 3 aromatic heterocycles. The van der Waals surface area contributed by atoms with E-state index >= 15 is 0 Å². The van der Waals surface area contributed by atoms with Crippen molar-refractivity contribution in [2.24, 2.45) is 0 Å². The summed E-state index contributed by atoms with van der Waals surface area (Å²) in [5.41, 5.74) is 3.89. The van der Waals surface area contributed by atoms with Crippen molar-refractivity contribution in [2.45, 2.75) is 20.1 Å². The van der Waals surface area contributed by atoms with Crippen molar-refractivity contribution in [3.8, 4) is 10.6 Å². The van der Waals surface area contributed by atoms with E-state index in [0.29, 0.717) is 11.1 Å². The highest BCUT2D eigenvalue weighted by molar-refractivity contribution is 7.14. The smallest absolute Gasteiger partial charge is 0.338 e. The van der Waals surface area contributed by atoms with Crippen LogP contribution in [0.15, 0.2) is 40.4 Å². The van der Waals surface area contributed by atoms with Gasteiger partial charge in [-0.05, 0) is 36.6 Å². The molecular weight excluding hydrogens is 356 g/mol. The predicted octanol–water partition coefficient (Wildman–Crippen LogP) is 3.99. The fourth-order valence-electron chi connectivity index (χ4n) is 2.45. The number of nitrogens with zero attached hydrogens (tertiary/aromatic N) is 4. The average molecular weight is 370 g/mol. The third-order valence-electron chi connectivity index (χ3n) is 3.72. The first kappa shape index (κ1) is 15.9. The lowest BCUT2D eigenvalue weighted by molar-refractivity contribution is 0.0468. The van der Waals surface area contributed by atoms with Crippen LogP contribution >= 0.6 is 22.7 Å². The molecule has 4 aromatic rings. The number of aryl methyl sites for hydroxylation is 1. The molecule has 0 aliphatic carbocycles. The van der Waals surface area contributed by atoms with Gasteiger partial charge in [-0.2, -0.15) is 11.3 Å². The van der Waals surface area contributed by atoms with Crippen molar-refractivity contribution in [1.29, 1.82) is 0 Å². The Morgan fingerprint density at radius 2 is 2.20 bits per heavy atom. The number of esters is 1. The molecule has 0 N–H and O–H groups in total. The quantitative estimate of drug-likeness (QED) is 0.497. The normalized spacial score (nSPS) is 11.1. The van der Waals surface area contributed by atoms with E-state index in [-0.39, 0.29) is 6.61 Å². The van der Waals surface area contributed by atoms with Gasteiger partial charge in [-0.3, -0.25) is 0 Å². The number of carbonyl (C=O) groups is 1. The molecule has 0 saturated heterocycles. The zero-order valence-corrected chi connectivity index (χ0v) is 15.0. The molecule has 0 fully saturated rings. The molecule has 3 heterocycles. The Balaban J connectivity index is 1.45. The summed E-state index contributed by atoms with van der Waals surface area (Å²) in [7, 11) is 0. The van der Waals surface area contributed by atoms with Gasteiger partial charge in [0.15, 0.2) is 0 Å². The Kier molecular flexibility index (Phi) is 4.29. The molecule has 0 aliphatic rings. The Labute approximate surface area is 151 Å². The van der Waals surface area contributed by atoms with Gasteiger partial charge in [0.2, 0.25) is 0 Å². The van der Waals surface area contributed by atoms with E-state index in [2.05, 4.69) is 15.3 Å². The molecule has 6 nitrogen and oxygen atoms in total. The minimum atomic E-state index is -0.391. The zero-order chi connectivity index (χ0) is 17.2. The number of hydrogen-bond donors (Lipinski definition) is 0. The van der Waals surface area contributed by atoms with Gasteiger partial charge >= 0.3 is 5.97 Å². The number of rotatable bonds is 5. The molecule has 0 amide bonds. The van der Waals surface area contributed by atoms with Crippen LogP contribution in [0.25, 0.3) is 21.6 Å². The van der Waals surface area contributed by atoms with E-state index in [1.807, 2.05) is 35.2 Å². The molecule has 8 heteroatoms. The summed E-state index contributed by atoms with van der Waals surface area (Å²) < 4.78 is 7.16. The largest absolute Gasteiger partial charge is 0.456 e. The van der Waals surface area contributed by atoms with Gasteiger partial charge in [-0.1, -0.05) is 5.21 Å². The number of aromatic nitrogens is 4. The van der Waals surface area contributed by atoms with Crippen molar-refractivity contribution in [1.82, 2.24) is 20.0 Å². The van der Waals surface area contributed by atoms with E-state index in [1.54, 1.807) is 39.5 Å². The van der Waals surface area contributed by atoms with Gasteiger partial charge in [0.1, 0.15) is 17.1 Å². The number of thiazole rings is 1. The predicted molar refractivity (Wildman–Crippen MR) is 97.7 cm³/mol. The molecule has 0 aliphatic heterocycles. The van der Waals surface area contributed by atoms with Crippen molar-refractivity contribution < 1.29 is 9.53 Å². The molecule has 0 spiro atoms. The maximum absolute atomic E-state index is 12.3.